The fourth-order valence-corrected chi connectivity index (χ4v) is 2.19. The van der Waals surface area contributed by atoms with Crippen molar-refractivity contribution in [1.82, 2.24) is 10.3 Å². The van der Waals surface area contributed by atoms with Crippen molar-refractivity contribution >= 4 is 23.3 Å². The zero-order chi connectivity index (χ0) is 15.9. The number of urea groups is 1. The lowest BCUT2D eigenvalue weighted by molar-refractivity contribution is 0.252. The highest BCUT2D eigenvalue weighted by Crippen LogP contribution is 2.23. The van der Waals surface area contributed by atoms with E-state index in [9.17, 15) is 4.79 Å². The van der Waals surface area contributed by atoms with Crippen LogP contribution in [-0.2, 0) is 6.42 Å². The number of rotatable bonds is 5. The smallest absolute Gasteiger partial charge is 0.319 e. The van der Waals surface area contributed by atoms with Gasteiger partial charge in [-0.25, -0.2) is 4.79 Å². The molecule has 0 spiro atoms. The number of aryl methyl sites for hydroxylation is 1. The molecule has 116 valence electrons. The fraction of sp³-hybridized carbons (Fsp3) is 0.250. The first-order valence-electron chi connectivity index (χ1n) is 6.89. The van der Waals surface area contributed by atoms with Gasteiger partial charge in [-0.05, 0) is 31.0 Å². The average Bonchev–Trinajstić information content (AvgIpc) is 2.52. The third-order valence-electron chi connectivity index (χ3n) is 3.18. The van der Waals surface area contributed by atoms with Crippen molar-refractivity contribution < 1.29 is 9.53 Å². The van der Waals surface area contributed by atoms with Crippen LogP contribution in [-0.4, -0.2) is 24.7 Å². The van der Waals surface area contributed by atoms with Crippen LogP contribution in [0.5, 0.6) is 5.75 Å². The number of methoxy groups -OCH3 is 1. The van der Waals surface area contributed by atoms with Gasteiger partial charge in [0, 0.05) is 12.7 Å². The molecular formula is C16H18ClN3O2. The molecule has 5 nitrogen and oxygen atoms in total. The molecule has 0 aliphatic carbocycles. The van der Waals surface area contributed by atoms with E-state index in [1.54, 1.807) is 26.3 Å². The van der Waals surface area contributed by atoms with Gasteiger partial charge in [0.2, 0.25) is 0 Å². The van der Waals surface area contributed by atoms with Gasteiger partial charge >= 0.3 is 6.03 Å². The number of ether oxygens (including phenoxy) is 1. The van der Waals surface area contributed by atoms with Crippen LogP contribution < -0.4 is 15.4 Å². The zero-order valence-corrected chi connectivity index (χ0v) is 13.3. The third-order valence-corrected chi connectivity index (χ3v) is 3.66. The molecule has 2 rings (SSSR count). The highest BCUT2D eigenvalue weighted by atomic mass is 35.5. The number of nitrogens with zero attached hydrogens (tertiary/aromatic N) is 1. The lowest BCUT2D eigenvalue weighted by Gasteiger charge is -2.11. The van der Waals surface area contributed by atoms with Crippen LogP contribution in [0.1, 0.15) is 11.3 Å². The first kappa shape index (κ1) is 16.1. The van der Waals surface area contributed by atoms with E-state index in [0.717, 1.165) is 11.3 Å². The Bertz CT molecular complexity index is 662. The van der Waals surface area contributed by atoms with Gasteiger partial charge in [0.1, 0.15) is 5.75 Å². The van der Waals surface area contributed by atoms with E-state index in [2.05, 4.69) is 15.6 Å². The number of para-hydroxylation sites is 1. The Balaban J connectivity index is 1.87. The van der Waals surface area contributed by atoms with E-state index in [4.69, 9.17) is 16.3 Å². The van der Waals surface area contributed by atoms with Crippen LogP contribution in [0.25, 0.3) is 0 Å². The number of aromatic nitrogens is 1. The van der Waals surface area contributed by atoms with E-state index in [-0.39, 0.29) is 6.03 Å². The van der Waals surface area contributed by atoms with Crippen molar-refractivity contribution in [2.45, 2.75) is 13.3 Å². The molecule has 0 saturated heterocycles. The largest absolute Gasteiger partial charge is 0.496 e. The Morgan fingerprint density at radius 3 is 2.86 bits per heavy atom. The topological polar surface area (TPSA) is 63.2 Å². The van der Waals surface area contributed by atoms with Gasteiger partial charge in [-0.1, -0.05) is 29.8 Å². The maximum absolute atomic E-state index is 11.9. The molecule has 1 heterocycles. The van der Waals surface area contributed by atoms with E-state index >= 15 is 0 Å². The van der Waals surface area contributed by atoms with Crippen molar-refractivity contribution in [3.8, 4) is 5.75 Å². The maximum Gasteiger partial charge on any atom is 0.319 e. The molecule has 0 radical (unpaired) electrons. The highest BCUT2D eigenvalue weighted by molar-refractivity contribution is 6.34. The van der Waals surface area contributed by atoms with Crippen LogP contribution in [0.3, 0.4) is 0 Å². The molecule has 6 heteroatoms. The molecule has 0 saturated carbocycles. The summed E-state index contributed by atoms with van der Waals surface area (Å²) in [6, 6.07) is 9.08. The van der Waals surface area contributed by atoms with Crippen molar-refractivity contribution in [2.24, 2.45) is 0 Å². The minimum atomic E-state index is -0.303. The summed E-state index contributed by atoms with van der Waals surface area (Å²) in [6.07, 6.45) is 2.28. The fourth-order valence-electron chi connectivity index (χ4n) is 2.03. The second kappa shape index (κ2) is 7.66. The molecule has 0 aliphatic heterocycles. The summed E-state index contributed by atoms with van der Waals surface area (Å²) in [6.45, 7) is 2.28. The Kier molecular flexibility index (Phi) is 5.61. The van der Waals surface area contributed by atoms with Crippen LogP contribution >= 0.6 is 11.6 Å². The first-order valence-corrected chi connectivity index (χ1v) is 7.27. The number of carbonyl (C=O) groups excluding carboxylic acids is 1. The Morgan fingerprint density at radius 2 is 2.09 bits per heavy atom. The van der Waals surface area contributed by atoms with Gasteiger partial charge in [-0.2, -0.15) is 0 Å². The van der Waals surface area contributed by atoms with Crippen LogP contribution in [0.4, 0.5) is 10.5 Å². The molecule has 2 aromatic rings. The molecule has 0 aliphatic rings. The van der Waals surface area contributed by atoms with Crippen molar-refractivity contribution in [1.29, 1.82) is 0 Å². The minimum Gasteiger partial charge on any atom is -0.496 e. The number of benzene rings is 1. The summed E-state index contributed by atoms with van der Waals surface area (Å²) >= 11 is 6.09. The number of hydrogen-bond acceptors (Lipinski definition) is 3. The predicted octanol–water partition coefficient (Wildman–Crippen LogP) is 3.42. The number of anilines is 1. The van der Waals surface area contributed by atoms with Crippen LogP contribution in [0, 0.1) is 6.92 Å². The number of nitrogens with one attached hydrogen (secondary N) is 2. The van der Waals surface area contributed by atoms with Crippen molar-refractivity contribution in [3.63, 3.8) is 0 Å². The number of amides is 2. The number of carbonyl (C=O) groups is 1. The van der Waals surface area contributed by atoms with E-state index in [1.807, 2.05) is 24.3 Å². The summed E-state index contributed by atoms with van der Waals surface area (Å²) < 4.78 is 5.27. The molecule has 0 unspecified atom stereocenters. The number of hydrogen-bond donors (Lipinski definition) is 2. The summed E-state index contributed by atoms with van der Waals surface area (Å²) in [5.74, 6) is 0.817. The quantitative estimate of drug-likeness (QED) is 0.887. The number of halogens is 1. The second-order valence-electron chi connectivity index (χ2n) is 4.70. The summed E-state index contributed by atoms with van der Waals surface area (Å²) in [5.41, 5.74) is 2.26. The van der Waals surface area contributed by atoms with Gasteiger partial charge in [0.25, 0.3) is 0 Å². The first-order chi connectivity index (χ1) is 10.6. The van der Waals surface area contributed by atoms with Gasteiger partial charge < -0.3 is 15.4 Å². The predicted molar refractivity (Wildman–Crippen MR) is 87.7 cm³/mol. The van der Waals surface area contributed by atoms with Gasteiger partial charge in [0.05, 0.1) is 23.5 Å². The molecule has 22 heavy (non-hydrogen) atoms. The monoisotopic (exact) mass is 319 g/mol. The van der Waals surface area contributed by atoms with Gasteiger partial charge in [0.15, 0.2) is 0 Å². The van der Waals surface area contributed by atoms with Gasteiger partial charge in [-0.15, -0.1) is 0 Å². The summed E-state index contributed by atoms with van der Waals surface area (Å²) in [7, 11) is 1.63. The lowest BCUT2D eigenvalue weighted by Crippen LogP contribution is -2.30. The number of pyridine rings is 1. The zero-order valence-electron chi connectivity index (χ0n) is 12.5. The van der Waals surface area contributed by atoms with E-state index in [0.29, 0.717) is 29.4 Å². The molecular weight excluding hydrogens is 302 g/mol. The van der Waals surface area contributed by atoms with Gasteiger partial charge in [-0.3, -0.25) is 4.98 Å². The van der Waals surface area contributed by atoms with Crippen LogP contribution in [0.15, 0.2) is 36.5 Å². The highest BCUT2D eigenvalue weighted by Gasteiger charge is 2.08. The molecule has 0 bridgehead atoms. The Hall–Kier alpha value is -2.27. The maximum atomic E-state index is 11.9. The molecule has 2 amide bonds. The van der Waals surface area contributed by atoms with Crippen LogP contribution in [0.2, 0.25) is 5.02 Å². The normalized spacial score (nSPS) is 10.1. The van der Waals surface area contributed by atoms with E-state index in [1.165, 1.54) is 0 Å². The van der Waals surface area contributed by atoms with Crippen molar-refractivity contribution in [3.05, 3.63) is 52.8 Å². The Labute approximate surface area is 134 Å². The summed E-state index contributed by atoms with van der Waals surface area (Å²) in [4.78, 5) is 15.9. The van der Waals surface area contributed by atoms with E-state index < -0.39 is 0 Å². The third kappa shape index (κ3) is 4.11. The SMILES string of the molecule is COc1ccccc1CCNC(=O)Nc1ccnc(C)c1Cl. The van der Waals surface area contributed by atoms with Crippen molar-refractivity contribution in [2.75, 3.05) is 19.0 Å². The standard InChI is InChI=1S/C16H18ClN3O2/c1-11-15(17)13(8-10-18-11)20-16(21)19-9-7-12-5-3-4-6-14(12)22-2/h3-6,8,10H,7,9H2,1-2H3,(H2,18,19,20,21). The minimum absolute atomic E-state index is 0.303. The Morgan fingerprint density at radius 1 is 1.32 bits per heavy atom. The molecule has 0 atom stereocenters. The average molecular weight is 320 g/mol. The lowest BCUT2D eigenvalue weighted by atomic mass is 10.1. The summed E-state index contributed by atoms with van der Waals surface area (Å²) in [5, 5.41) is 5.95. The molecule has 1 aromatic carbocycles. The second-order valence-corrected chi connectivity index (χ2v) is 5.08. The molecule has 2 N–H and O–H groups in total. The molecule has 1 aromatic heterocycles. The molecule has 0 fully saturated rings.